The van der Waals surface area contributed by atoms with Crippen molar-refractivity contribution in [3.05, 3.63) is 66.5 Å². The van der Waals surface area contributed by atoms with E-state index in [-0.39, 0.29) is 0 Å². The lowest BCUT2D eigenvalue weighted by Crippen LogP contribution is -2.10. The second kappa shape index (κ2) is 7.75. The molecular weight excluding hydrogens is 318 g/mol. The summed E-state index contributed by atoms with van der Waals surface area (Å²) in [5, 5.41) is 9.12. The fourth-order valence-corrected chi connectivity index (χ4v) is 2.61. The van der Waals surface area contributed by atoms with Crippen LogP contribution >= 0.6 is 12.2 Å². The molecule has 0 aliphatic carbocycles. The van der Waals surface area contributed by atoms with Crippen molar-refractivity contribution >= 4 is 17.3 Å². The van der Waals surface area contributed by atoms with Crippen LogP contribution in [0.5, 0.6) is 0 Å². The minimum Gasteiger partial charge on any atom is -0.487 e. The van der Waals surface area contributed by atoms with Crippen LogP contribution in [0, 0.1) is 0 Å². The van der Waals surface area contributed by atoms with Crippen molar-refractivity contribution < 1.29 is 4.74 Å². The van der Waals surface area contributed by atoms with Crippen LogP contribution in [0.1, 0.15) is 12.7 Å². The van der Waals surface area contributed by atoms with Gasteiger partial charge in [0.1, 0.15) is 11.4 Å². The van der Waals surface area contributed by atoms with Crippen molar-refractivity contribution in [3.8, 4) is 22.5 Å². The lowest BCUT2D eigenvalue weighted by Gasteiger charge is -2.10. The zero-order valence-corrected chi connectivity index (χ0v) is 14.2. The molecule has 3 aromatic rings. The van der Waals surface area contributed by atoms with Gasteiger partial charge in [-0.2, -0.15) is 0 Å². The van der Waals surface area contributed by atoms with Gasteiger partial charge in [-0.25, -0.2) is 4.98 Å². The maximum Gasteiger partial charge on any atom is 0.167 e. The predicted molar refractivity (Wildman–Crippen MR) is 98.6 cm³/mol. The number of rotatable bonds is 5. The Hall–Kier alpha value is -2.66. The van der Waals surface area contributed by atoms with Crippen molar-refractivity contribution in [1.82, 2.24) is 15.2 Å². The van der Waals surface area contributed by atoms with Gasteiger partial charge in [0, 0.05) is 11.1 Å². The predicted octanol–water partition coefficient (Wildman–Crippen LogP) is 4.11. The lowest BCUT2D eigenvalue weighted by molar-refractivity contribution is 0.329. The van der Waals surface area contributed by atoms with Crippen LogP contribution in [-0.4, -0.2) is 26.8 Å². The van der Waals surface area contributed by atoms with Gasteiger partial charge in [-0.1, -0.05) is 60.7 Å². The summed E-state index contributed by atoms with van der Waals surface area (Å²) in [6, 6.07) is 19.9. The van der Waals surface area contributed by atoms with E-state index < -0.39 is 0 Å². The normalized spacial score (nSPS) is 10.4. The minimum atomic E-state index is 0.380. The summed E-state index contributed by atoms with van der Waals surface area (Å²) >= 11 is 5.19. The van der Waals surface area contributed by atoms with Gasteiger partial charge in [-0.3, -0.25) is 0 Å². The molecule has 0 radical (unpaired) electrons. The molecule has 0 unspecified atom stereocenters. The summed E-state index contributed by atoms with van der Waals surface area (Å²) in [5.41, 5.74) is 3.53. The zero-order valence-electron chi connectivity index (χ0n) is 13.3. The molecule has 0 saturated heterocycles. The van der Waals surface area contributed by atoms with E-state index in [1.54, 1.807) is 0 Å². The molecule has 2 aromatic carbocycles. The average Bonchev–Trinajstić information content (AvgIpc) is 2.63. The molecule has 0 aliphatic rings. The second-order valence-corrected chi connectivity index (χ2v) is 5.59. The van der Waals surface area contributed by atoms with Crippen molar-refractivity contribution in [2.24, 2.45) is 0 Å². The highest BCUT2D eigenvalue weighted by Crippen LogP contribution is 2.28. The lowest BCUT2D eigenvalue weighted by atomic mass is 10.0. The fraction of sp³-hybridized carbons (Fsp3) is 0.158. The van der Waals surface area contributed by atoms with E-state index in [1.807, 2.05) is 67.6 Å². The van der Waals surface area contributed by atoms with Crippen LogP contribution in [0.2, 0.25) is 0 Å². The molecular formula is C19H17N3OS. The first kappa shape index (κ1) is 16.2. The summed E-state index contributed by atoms with van der Waals surface area (Å²) in [7, 11) is 0. The van der Waals surface area contributed by atoms with Gasteiger partial charge < -0.3 is 4.74 Å². The van der Waals surface area contributed by atoms with Crippen LogP contribution < -0.4 is 0 Å². The monoisotopic (exact) mass is 335 g/mol. The molecule has 5 heteroatoms. The molecule has 0 spiro atoms. The number of hydrogen-bond acceptors (Lipinski definition) is 5. The quantitative estimate of drug-likeness (QED) is 0.657. The Kier molecular flexibility index (Phi) is 5.23. The van der Waals surface area contributed by atoms with E-state index in [9.17, 15) is 0 Å². The third-order valence-corrected chi connectivity index (χ3v) is 3.70. The Balaban J connectivity index is 2.05. The summed E-state index contributed by atoms with van der Waals surface area (Å²) in [6.07, 6.45) is 0.380. The Bertz CT molecular complexity index is 823. The molecule has 0 saturated carbocycles. The Labute approximate surface area is 146 Å². The largest absolute Gasteiger partial charge is 0.487 e. The number of benzene rings is 2. The SMILES string of the molecule is CCOC(=S)Cc1nnc(-c2ccccc2)c(-c2ccccc2)n1. The smallest absolute Gasteiger partial charge is 0.167 e. The number of ether oxygens (including phenoxy) is 1. The van der Waals surface area contributed by atoms with Gasteiger partial charge in [0.25, 0.3) is 0 Å². The molecule has 120 valence electrons. The first-order valence-corrected chi connectivity index (χ1v) is 8.19. The summed E-state index contributed by atoms with van der Waals surface area (Å²) in [5.74, 6) is 0.562. The third kappa shape index (κ3) is 3.81. The molecule has 0 amide bonds. The number of aromatic nitrogens is 3. The van der Waals surface area contributed by atoms with E-state index in [4.69, 9.17) is 21.9 Å². The maximum absolute atomic E-state index is 5.33. The van der Waals surface area contributed by atoms with Crippen molar-refractivity contribution in [2.45, 2.75) is 13.3 Å². The number of hydrogen-bond donors (Lipinski definition) is 0. The highest BCUT2D eigenvalue weighted by molar-refractivity contribution is 7.80. The van der Waals surface area contributed by atoms with E-state index in [0.29, 0.717) is 23.9 Å². The topological polar surface area (TPSA) is 47.9 Å². The molecule has 1 heterocycles. The highest BCUT2D eigenvalue weighted by atomic mass is 32.1. The van der Waals surface area contributed by atoms with E-state index in [0.717, 1.165) is 22.5 Å². The van der Waals surface area contributed by atoms with Crippen molar-refractivity contribution in [1.29, 1.82) is 0 Å². The van der Waals surface area contributed by atoms with E-state index in [2.05, 4.69) is 10.2 Å². The van der Waals surface area contributed by atoms with Gasteiger partial charge in [0.2, 0.25) is 0 Å². The van der Waals surface area contributed by atoms with Crippen LogP contribution in [0.4, 0.5) is 0 Å². The molecule has 0 atom stereocenters. The zero-order chi connectivity index (χ0) is 16.8. The Morgan fingerprint density at radius 3 is 2.04 bits per heavy atom. The molecule has 0 aliphatic heterocycles. The van der Waals surface area contributed by atoms with Crippen LogP contribution in [0.25, 0.3) is 22.5 Å². The first-order chi connectivity index (χ1) is 11.8. The van der Waals surface area contributed by atoms with Gasteiger partial charge >= 0.3 is 0 Å². The second-order valence-electron chi connectivity index (χ2n) is 5.14. The molecule has 0 N–H and O–H groups in total. The van der Waals surface area contributed by atoms with E-state index in [1.165, 1.54) is 0 Å². The van der Waals surface area contributed by atoms with Gasteiger partial charge in [0.15, 0.2) is 10.9 Å². The van der Waals surface area contributed by atoms with E-state index >= 15 is 0 Å². The fourth-order valence-electron chi connectivity index (χ4n) is 2.36. The standard InChI is InChI=1S/C19H17N3OS/c1-2-23-17(24)13-16-20-18(14-9-5-3-6-10-14)19(22-21-16)15-11-7-4-8-12-15/h3-12H,2,13H2,1H3. The summed E-state index contributed by atoms with van der Waals surface area (Å²) in [4.78, 5) is 4.70. The number of nitrogens with zero attached hydrogens (tertiary/aromatic N) is 3. The summed E-state index contributed by atoms with van der Waals surface area (Å²) in [6.45, 7) is 2.44. The van der Waals surface area contributed by atoms with Gasteiger partial charge in [0.05, 0.1) is 13.0 Å². The number of thiocarbonyl (C=S) groups is 1. The summed E-state index contributed by atoms with van der Waals surface area (Å²) < 4.78 is 5.33. The van der Waals surface area contributed by atoms with Crippen LogP contribution in [-0.2, 0) is 11.2 Å². The molecule has 24 heavy (non-hydrogen) atoms. The first-order valence-electron chi connectivity index (χ1n) is 7.78. The van der Waals surface area contributed by atoms with Crippen molar-refractivity contribution in [2.75, 3.05) is 6.61 Å². The molecule has 0 bridgehead atoms. The average molecular weight is 335 g/mol. The van der Waals surface area contributed by atoms with Crippen LogP contribution in [0.3, 0.4) is 0 Å². The Morgan fingerprint density at radius 1 is 0.875 bits per heavy atom. The maximum atomic E-state index is 5.33. The van der Waals surface area contributed by atoms with Crippen LogP contribution in [0.15, 0.2) is 60.7 Å². The molecule has 4 nitrogen and oxygen atoms in total. The third-order valence-electron chi connectivity index (χ3n) is 3.43. The minimum absolute atomic E-state index is 0.380. The van der Waals surface area contributed by atoms with Gasteiger partial charge in [-0.05, 0) is 19.1 Å². The molecule has 3 rings (SSSR count). The van der Waals surface area contributed by atoms with Crippen molar-refractivity contribution in [3.63, 3.8) is 0 Å². The molecule has 1 aromatic heterocycles. The Morgan fingerprint density at radius 2 is 1.46 bits per heavy atom. The van der Waals surface area contributed by atoms with Gasteiger partial charge in [-0.15, -0.1) is 10.2 Å². The molecule has 0 fully saturated rings. The highest BCUT2D eigenvalue weighted by Gasteiger charge is 2.14.